The lowest BCUT2D eigenvalue weighted by molar-refractivity contribution is 1.05. The van der Waals surface area contributed by atoms with Crippen molar-refractivity contribution in [2.24, 2.45) is 0 Å². The molecule has 1 N–H and O–H groups in total. The van der Waals surface area contributed by atoms with Gasteiger partial charge in [-0.05, 0) is 42.1 Å². The fourth-order valence-corrected chi connectivity index (χ4v) is 2.98. The summed E-state index contributed by atoms with van der Waals surface area (Å²) in [4.78, 5) is 13.5. The van der Waals surface area contributed by atoms with Gasteiger partial charge in [0.25, 0.3) is 0 Å². The molecule has 1 aliphatic heterocycles. The predicted octanol–water partition coefficient (Wildman–Crippen LogP) is 3.89. The van der Waals surface area contributed by atoms with Gasteiger partial charge in [0.2, 0.25) is 0 Å². The number of fused-ring (bicyclic) bond motifs is 3. The topological polar surface area (TPSA) is 50.7 Å². The summed E-state index contributed by atoms with van der Waals surface area (Å²) < 4.78 is 0. The highest BCUT2D eigenvalue weighted by Crippen LogP contribution is 2.41. The van der Waals surface area contributed by atoms with E-state index in [1.165, 1.54) is 11.8 Å². The van der Waals surface area contributed by atoms with Crippen LogP contribution in [0.1, 0.15) is 0 Å². The number of anilines is 2. The molecule has 0 amide bonds. The van der Waals surface area contributed by atoms with Crippen molar-refractivity contribution in [2.75, 3.05) is 5.32 Å². The van der Waals surface area contributed by atoms with Gasteiger partial charge in [-0.3, -0.25) is 0 Å². The Morgan fingerprint density at radius 1 is 1.05 bits per heavy atom. The van der Waals surface area contributed by atoms with Gasteiger partial charge in [0.1, 0.15) is 10.1 Å². The monoisotopic (exact) mass is 286 g/mol. The minimum absolute atomic E-state index is 0.660. The van der Waals surface area contributed by atoms with Crippen LogP contribution in [0.25, 0.3) is 11.0 Å². The molecular weight excluding hydrogens is 280 g/mol. The third-order valence-corrected chi connectivity index (χ3v) is 4.04. The van der Waals surface area contributed by atoms with E-state index in [4.69, 9.17) is 11.6 Å². The number of hydrogen-bond donors (Lipinski definition) is 1. The summed E-state index contributed by atoms with van der Waals surface area (Å²) in [6.45, 7) is 0. The lowest BCUT2D eigenvalue weighted by Gasteiger charge is -2.18. The standard InChI is InChI=1S/C13H7ClN4S/c14-7-3-4-8-10(6-7)17-11-13(18-8)19-12-9(16-11)2-1-5-15-12/h1-6H,(H,16,17). The van der Waals surface area contributed by atoms with Crippen LogP contribution < -0.4 is 5.32 Å². The van der Waals surface area contributed by atoms with Crippen LogP contribution in [0, 0.1) is 0 Å². The summed E-state index contributed by atoms with van der Waals surface area (Å²) in [5.41, 5.74) is 2.57. The van der Waals surface area contributed by atoms with Gasteiger partial charge < -0.3 is 5.32 Å². The normalized spacial score (nSPS) is 12.7. The molecule has 0 unspecified atom stereocenters. The second kappa shape index (κ2) is 4.08. The van der Waals surface area contributed by atoms with Crippen molar-refractivity contribution in [3.05, 3.63) is 41.6 Å². The number of nitrogens with one attached hydrogen (secondary N) is 1. The maximum Gasteiger partial charge on any atom is 0.164 e. The Balaban J connectivity index is 1.91. The van der Waals surface area contributed by atoms with Gasteiger partial charge in [0, 0.05) is 11.2 Å². The third kappa shape index (κ3) is 1.82. The second-order valence-electron chi connectivity index (χ2n) is 4.09. The minimum Gasteiger partial charge on any atom is -0.336 e. The van der Waals surface area contributed by atoms with Gasteiger partial charge in [0.05, 0.1) is 16.7 Å². The van der Waals surface area contributed by atoms with E-state index >= 15 is 0 Å². The molecule has 92 valence electrons. The van der Waals surface area contributed by atoms with Crippen LogP contribution in [0.4, 0.5) is 11.5 Å². The summed E-state index contributed by atoms with van der Waals surface area (Å²) >= 11 is 7.50. The Labute approximate surface area is 118 Å². The van der Waals surface area contributed by atoms with Crippen LogP contribution >= 0.6 is 23.4 Å². The third-order valence-electron chi connectivity index (χ3n) is 2.81. The molecule has 1 aliphatic rings. The minimum atomic E-state index is 0.660. The van der Waals surface area contributed by atoms with Gasteiger partial charge in [-0.15, -0.1) is 0 Å². The molecule has 3 heterocycles. The van der Waals surface area contributed by atoms with E-state index < -0.39 is 0 Å². The lowest BCUT2D eigenvalue weighted by Crippen LogP contribution is -2.05. The molecule has 4 nitrogen and oxygen atoms in total. The zero-order valence-electron chi connectivity index (χ0n) is 9.59. The zero-order chi connectivity index (χ0) is 12.8. The van der Waals surface area contributed by atoms with E-state index in [2.05, 4.69) is 20.3 Å². The number of hydrogen-bond acceptors (Lipinski definition) is 5. The molecule has 0 spiro atoms. The van der Waals surface area contributed by atoms with Gasteiger partial charge in [0.15, 0.2) is 5.82 Å². The SMILES string of the molecule is Clc1ccc2nc3c(nc2c1)Nc1cccnc1S3. The zero-order valence-corrected chi connectivity index (χ0v) is 11.2. The molecule has 0 saturated carbocycles. The molecule has 19 heavy (non-hydrogen) atoms. The molecule has 0 aliphatic carbocycles. The first-order chi connectivity index (χ1) is 9.29. The smallest absolute Gasteiger partial charge is 0.164 e. The predicted molar refractivity (Wildman–Crippen MR) is 76.2 cm³/mol. The molecule has 1 aromatic carbocycles. The first kappa shape index (κ1) is 11.0. The van der Waals surface area contributed by atoms with Gasteiger partial charge in [-0.2, -0.15) is 0 Å². The Bertz CT molecular complexity index is 806. The first-order valence-corrected chi connectivity index (χ1v) is 6.86. The molecule has 0 atom stereocenters. The van der Waals surface area contributed by atoms with E-state index in [1.54, 1.807) is 6.20 Å². The summed E-state index contributed by atoms with van der Waals surface area (Å²) in [6, 6.07) is 9.37. The van der Waals surface area contributed by atoms with Crippen LogP contribution in [-0.2, 0) is 0 Å². The number of pyridine rings is 1. The largest absolute Gasteiger partial charge is 0.336 e. The van der Waals surface area contributed by atoms with Crippen molar-refractivity contribution in [3.8, 4) is 0 Å². The fourth-order valence-electron chi connectivity index (χ4n) is 1.95. The van der Waals surface area contributed by atoms with Crippen molar-refractivity contribution in [1.82, 2.24) is 15.0 Å². The van der Waals surface area contributed by atoms with E-state index in [0.717, 1.165) is 32.6 Å². The summed E-state index contributed by atoms with van der Waals surface area (Å²) in [6.07, 6.45) is 1.77. The summed E-state index contributed by atoms with van der Waals surface area (Å²) in [5, 5.41) is 5.66. The summed E-state index contributed by atoms with van der Waals surface area (Å²) in [5.74, 6) is 0.750. The molecule has 3 aromatic rings. The first-order valence-electron chi connectivity index (χ1n) is 5.67. The van der Waals surface area contributed by atoms with E-state index in [9.17, 15) is 0 Å². The maximum atomic E-state index is 5.98. The second-order valence-corrected chi connectivity index (χ2v) is 5.51. The Morgan fingerprint density at radius 3 is 2.95 bits per heavy atom. The van der Waals surface area contributed by atoms with Crippen LogP contribution in [0.2, 0.25) is 5.02 Å². The highest BCUT2D eigenvalue weighted by molar-refractivity contribution is 7.99. The van der Waals surface area contributed by atoms with Crippen molar-refractivity contribution in [3.63, 3.8) is 0 Å². The molecule has 4 rings (SSSR count). The fraction of sp³-hybridized carbons (Fsp3) is 0. The molecular formula is C13H7ClN4S. The van der Waals surface area contributed by atoms with Gasteiger partial charge in [-0.1, -0.05) is 11.6 Å². The highest BCUT2D eigenvalue weighted by atomic mass is 35.5. The van der Waals surface area contributed by atoms with Gasteiger partial charge >= 0.3 is 0 Å². The van der Waals surface area contributed by atoms with E-state index in [-0.39, 0.29) is 0 Å². The Kier molecular flexibility index (Phi) is 2.36. The van der Waals surface area contributed by atoms with Crippen LogP contribution in [0.3, 0.4) is 0 Å². The molecule has 0 fully saturated rings. The van der Waals surface area contributed by atoms with Crippen LogP contribution in [-0.4, -0.2) is 15.0 Å². The quantitative estimate of drug-likeness (QED) is 0.531. The molecule has 6 heteroatoms. The van der Waals surface area contributed by atoms with Crippen molar-refractivity contribution >= 4 is 45.9 Å². The molecule has 0 radical (unpaired) electrons. The molecule has 0 bridgehead atoms. The maximum absolute atomic E-state index is 5.98. The molecule has 2 aromatic heterocycles. The number of rotatable bonds is 0. The molecule has 0 saturated heterocycles. The van der Waals surface area contributed by atoms with Crippen LogP contribution in [0.15, 0.2) is 46.6 Å². The van der Waals surface area contributed by atoms with Gasteiger partial charge in [-0.25, -0.2) is 15.0 Å². The number of benzene rings is 1. The van der Waals surface area contributed by atoms with E-state index in [1.807, 2.05) is 30.3 Å². The van der Waals surface area contributed by atoms with Crippen molar-refractivity contribution < 1.29 is 0 Å². The average molecular weight is 287 g/mol. The van der Waals surface area contributed by atoms with E-state index in [0.29, 0.717) is 5.02 Å². The Hall–Kier alpha value is -1.85. The van der Waals surface area contributed by atoms with Crippen molar-refractivity contribution in [2.45, 2.75) is 10.1 Å². The number of aromatic nitrogens is 3. The van der Waals surface area contributed by atoms with Crippen molar-refractivity contribution in [1.29, 1.82) is 0 Å². The number of halogens is 1. The Morgan fingerprint density at radius 2 is 2.00 bits per heavy atom. The highest BCUT2D eigenvalue weighted by Gasteiger charge is 2.19. The lowest BCUT2D eigenvalue weighted by atomic mass is 10.3. The summed E-state index contributed by atoms with van der Waals surface area (Å²) in [7, 11) is 0. The average Bonchev–Trinajstić information content (AvgIpc) is 2.43. The number of nitrogens with zero attached hydrogens (tertiary/aromatic N) is 3. The van der Waals surface area contributed by atoms with Crippen LogP contribution in [0.5, 0.6) is 0 Å².